The summed E-state index contributed by atoms with van der Waals surface area (Å²) >= 11 is 0. The third-order valence-corrected chi connectivity index (χ3v) is 3.40. The number of rotatable bonds is 5. The Balaban J connectivity index is 1.92. The SMILES string of the molecule is CNc1ncccc1C(=O)NC(C)CN1CCCC1. The minimum absolute atomic E-state index is 0.0656. The first kappa shape index (κ1) is 13.8. The van der Waals surface area contributed by atoms with Crippen molar-refractivity contribution in [1.82, 2.24) is 15.2 Å². The van der Waals surface area contributed by atoms with Crippen molar-refractivity contribution < 1.29 is 4.79 Å². The van der Waals surface area contributed by atoms with Gasteiger partial charge in [-0.05, 0) is 45.0 Å². The number of carbonyl (C=O) groups is 1. The summed E-state index contributed by atoms with van der Waals surface area (Å²) < 4.78 is 0. The Morgan fingerprint density at radius 3 is 2.89 bits per heavy atom. The Hall–Kier alpha value is -1.62. The molecule has 1 aliphatic heterocycles. The van der Waals surface area contributed by atoms with E-state index in [2.05, 4.69) is 20.5 Å². The van der Waals surface area contributed by atoms with Gasteiger partial charge in [-0.25, -0.2) is 4.98 Å². The van der Waals surface area contributed by atoms with E-state index in [4.69, 9.17) is 0 Å². The third kappa shape index (κ3) is 3.67. The fourth-order valence-electron chi connectivity index (χ4n) is 2.49. The van der Waals surface area contributed by atoms with E-state index in [1.165, 1.54) is 12.8 Å². The molecule has 0 spiro atoms. The van der Waals surface area contributed by atoms with Crippen LogP contribution in [0.25, 0.3) is 0 Å². The summed E-state index contributed by atoms with van der Waals surface area (Å²) in [5.41, 5.74) is 0.596. The van der Waals surface area contributed by atoms with Crippen LogP contribution in [0, 0.1) is 0 Å². The molecule has 1 fully saturated rings. The minimum Gasteiger partial charge on any atom is -0.372 e. The van der Waals surface area contributed by atoms with Crippen molar-refractivity contribution in [3.8, 4) is 0 Å². The maximum absolute atomic E-state index is 12.2. The topological polar surface area (TPSA) is 57.3 Å². The molecule has 1 atom stereocenters. The molecule has 0 radical (unpaired) electrons. The first-order valence-corrected chi connectivity index (χ1v) is 6.86. The summed E-state index contributed by atoms with van der Waals surface area (Å²) in [4.78, 5) is 18.7. The molecule has 1 unspecified atom stereocenters. The second-order valence-corrected chi connectivity index (χ2v) is 5.03. The van der Waals surface area contributed by atoms with Gasteiger partial charge in [-0.1, -0.05) is 0 Å². The third-order valence-electron chi connectivity index (χ3n) is 3.40. The van der Waals surface area contributed by atoms with E-state index in [-0.39, 0.29) is 11.9 Å². The Kier molecular flexibility index (Phi) is 4.74. The van der Waals surface area contributed by atoms with Crippen molar-refractivity contribution in [2.45, 2.75) is 25.8 Å². The van der Waals surface area contributed by atoms with E-state index in [0.29, 0.717) is 11.4 Å². The number of carbonyl (C=O) groups excluding carboxylic acids is 1. The molecule has 1 aromatic rings. The maximum atomic E-state index is 12.2. The van der Waals surface area contributed by atoms with E-state index in [1.807, 2.05) is 6.92 Å². The van der Waals surface area contributed by atoms with Crippen molar-refractivity contribution in [3.63, 3.8) is 0 Å². The van der Waals surface area contributed by atoms with E-state index in [9.17, 15) is 4.79 Å². The molecule has 0 aromatic carbocycles. The normalized spacial score (nSPS) is 17.2. The highest BCUT2D eigenvalue weighted by Crippen LogP contribution is 2.11. The van der Waals surface area contributed by atoms with Crippen LogP contribution in [0.5, 0.6) is 0 Å². The Morgan fingerprint density at radius 2 is 2.21 bits per heavy atom. The molecule has 2 N–H and O–H groups in total. The molecule has 104 valence electrons. The summed E-state index contributed by atoms with van der Waals surface area (Å²) in [6, 6.07) is 3.72. The number of anilines is 1. The van der Waals surface area contributed by atoms with E-state index < -0.39 is 0 Å². The highest BCUT2D eigenvalue weighted by Gasteiger charge is 2.18. The lowest BCUT2D eigenvalue weighted by molar-refractivity contribution is 0.0932. The first-order chi connectivity index (χ1) is 9.20. The summed E-state index contributed by atoms with van der Waals surface area (Å²) in [6.07, 6.45) is 4.22. The fourth-order valence-corrected chi connectivity index (χ4v) is 2.49. The van der Waals surface area contributed by atoms with Gasteiger partial charge in [0.1, 0.15) is 5.82 Å². The van der Waals surface area contributed by atoms with Gasteiger partial charge >= 0.3 is 0 Å². The van der Waals surface area contributed by atoms with Gasteiger partial charge in [0.2, 0.25) is 0 Å². The second kappa shape index (κ2) is 6.52. The average Bonchev–Trinajstić information content (AvgIpc) is 2.91. The van der Waals surface area contributed by atoms with Crippen molar-refractivity contribution in [3.05, 3.63) is 23.9 Å². The van der Waals surface area contributed by atoms with Crippen LogP contribution in [0.2, 0.25) is 0 Å². The van der Waals surface area contributed by atoms with Crippen LogP contribution < -0.4 is 10.6 Å². The standard InChI is InChI=1S/C14H22N4O/c1-11(10-18-8-3-4-9-18)17-14(19)12-6-5-7-16-13(12)15-2/h5-7,11H,3-4,8-10H2,1-2H3,(H,15,16)(H,17,19). The van der Waals surface area contributed by atoms with Gasteiger partial charge in [-0.15, -0.1) is 0 Å². The number of aromatic nitrogens is 1. The summed E-state index contributed by atoms with van der Waals surface area (Å²) in [5, 5.41) is 5.98. The predicted molar refractivity (Wildman–Crippen MR) is 76.4 cm³/mol. The monoisotopic (exact) mass is 262 g/mol. The minimum atomic E-state index is -0.0656. The molecular weight excluding hydrogens is 240 g/mol. The predicted octanol–water partition coefficient (Wildman–Crippen LogP) is 1.34. The number of hydrogen-bond acceptors (Lipinski definition) is 4. The van der Waals surface area contributed by atoms with Crippen LogP contribution in [-0.4, -0.2) is 48.5 Å². The lowest BCUT2D eigenvalue weighted by Crippen LogP contribution is -2.41. The number of hydrogen-bond donors (Lipinski definition) is 2. The van der Waals surface area contributed by atoms with Crippen LogP contribution in [-0.2, 0) is 0 Å². The molecular formula is C14H22N4O. The lowest BCUT2D eigenvalue weighted by atomic mass is 10.2. The molecule has 0 bridgehead atoms. The number of amides is 1. The zero-order valence-corrected chi connectivity index (χ0v) is 11.6. The molecule has 1 aromatic heterocycles. The second-order valence-electron chi connectivity index (χ2n) is 5.03. The smallest absolute Gasteiger partial charge is 0.255 e. The van der Waals surface area contributed by atoms with Gasteiger partial charge in [-0.2, -0.15) is 0 Å². The molecule has 5 nitrogen and oxygen atoms in total. The van der Waals surface area contributed by atoms with Gasteiger partial charge in [0, 0.05) is 25.8 Å². The van der Waals surface area contributed by atoms with Crippen LogP contribution in [0.15, 0.2) is 18.3 Å². The molecule has 1 saturated heterocycles. The first-order valence-electron chi connectivity index (χ1n) is 6.86. The van der Waals surface area contributed by atoms with Gasteiger partial charge in [0.25, 0.3) is 5.91 Å². The zero-order valence-electron chi connectivity index (χ0n) is 11.6. The van der Waals surface area contributed by atoms with Crippen LogP contribution in [0.1, 0.15) is 30.1 Å². The van der Waals surface area contributed by atoms with Crippen LogP contribution >= 0.6 is 0 Å². The van der Waals surface area contributed by atoms with Gasteiger partial charge in [0.05, 0.1) is 5.56 Å². The van der Waals surface area contributed by atoms with Crippen LogP contribution in [0.3, 0.4) is 0 Å². The quantitative estimate of drug-likeness (QED) is 0.840. The summed E-state index contributed by atoms with van der Waals surface area (Å²) in [7, 11) is 1.77. The maximum Gasteiger partial charge on any atom is 0.255 e. The van der Waals surface area contributed by atoms with Gasteiger partial charge in [0.15, 0.2) is 0 Å². The highest BCUT2D eigenvalue weighted by molar-refractivity contribution is 5.98. The summed E-state index contributed by atoms with van der Waals surface area (Å²) in [5.74, 6) is 0.553. The number of nitrogens with zero attached hydrogens (tertiary/aromatic N) is 2. The summed E-state index contributed by atoms with van der Waals surface area (Å²) in [6.45, 7) is 5.26. The molecule has 0 aliphatic carbocycles. The number of pyridine rings is 1. The van der Waals surface area contributed by atoms with Crippen molar-refractivity contribution >= 4 is 11.7 Å². The van der Waals surface area contributed by atoms with E-state index >= 15 is 0 Å². The molecule has 2 rings (SSSR count). The van der Waals surface area contributed by atoms with Gasteiger partial charge < -0.3 is 15.5 Å². The molecule has 0 saturated carbocycles. The Labute approximate surface area is 114 Å². The number of likely N-dealkylation sites (tertiary alicyclic amines) is 1. The lowest BCUT2D eigenvalue weighted by Gasteiger charge is -2.21. The Bertz CT molecular complexity index is 429. The van der Waals surface area contributed by atoms with E-state index in [0.717, 1.165) is 19.6 Å². The molecule has 1 aliphatic rings. The molecule has 5 heteroatoms. The molecule has 19 heavy (non-hydrogen) atoms. The fraction of sp³-hybridized carbons (Fsp3) is 0.571. The Morgan fingerprint density at radius 1 is 1.47 bits per heavy atom. The van der Waals surface area contributed by atoms with Crippen molar-refractivity contribution in [2.24, 2.45) is 0 Å². The largest absolute Gasteiger partial charge is 0.372 e. The molecule has 2 heterocycles. The van der Waals surface area contributed by atoms with E-state index in [1.54, 1.807) is 25.4 Å². The van der Waals surface area contributed by atoms with Crippen LogP contribution in [0.4, 0.5) is 5.82 Å². The highest BCUT2D eigenvalue weighted by atomic mass is 16.1. The van der Waals surface area contributed by atoms with Crippen molar-refractivity contribution in [1.29, 1.82) is 0 Å². The average molecular weight is 262 g/mol. The van der Waals surface area contributed by atoms with Gasteiger partial charge in [-0.3, -0.25) is 4.79 Å². The number of nitrogens with one attached hydrogen (secondary N) is 2. The van der Waals surface area contributed by atoms with Crippen molar-refractivity contribution in [2.75, 3.05) is 32.0 Å². The molecule has 1 amide bonds. The zero-order chi connectivity index (χ0) is 13.7.